The number of aryl methyl sites for hydroxylation is 2. The molecule has 0 radical (unpaired) electrons. The second-order valence-corrected chi connectivity index (χ2v) is 5.54. The van der Waals surface area contributed by atoms with Gasteiger partial charge in [-0.25, -0.2) is 4.98 Å². The summed E-state index contributed by atoms with van der Waals surface area (Å²) in [5.74, 6) is 3.12. The van der Waals surface area contributed by atoms with Crippen LogP contribution in [0.2, 0.25) is 0 Å². The molecule has 0 atom stereocenters. The Morgan fingerprint density at radius 3 is 2.90 bits per heavy atom. The number of aliphatic imine (C=N–C) groups is 1. The molecule has 0 saturated heterocycles. The van der Waals surface area contributed by atoms with Crippen LogP contribution < -0.4 is 10.6 Å². The Bertz CT molecular complexity index is 389. The van der Waals surface area contributed by atoms with Crippen LogP contribution in [0.3, 0.4) is 0 Å². The molecule has 1 aromatic rings. The number of imidazole rings is 1. The predicted octanol–water partition coefficient (Wildman–Crippen LogP) is 1.89. The molecule has 0 amide bonds. The van der Waals surface area contributed by atoms with Crippen molar-refractivity contribution >= 4 is 17.7 Å². The van der Waals surface area contributed by atoms with Gasteiger partial charge in [0.2, 0.25) is 0 Å². The van der Waals surface area contributed by atoms with Crippen molar-refractivity contribution < 1.29 is 0 Å². The Morgan fingerprint density at radius 2 is 2.25 bits per heavy atom. The van der Waals surface area contributed by atoms with E-state index in [1.54, 1.807) is 0 Å². The van der Waals surface area contributed by atoms with Gasteiger partial charge in [0.25, 0.3) is 0 Å². The number of thioether (sulfide) groups is 1. The van der Waals surface area contributed by atoms with Crippen molar-refractivity contribution in [2.24, 2.45) is 4.99 Å². The van der Waals surface area contributed by atoms with Crippen molar-refractivity contribution in [3.63, 3.8) is 0 Å². The van der Waals surface area contributed by atoms with E-state index in [1.165, 1.54) is 0 Å². The number of nitrogens with zero attached hydrogens (tertiary/aromatic N) is 3. The lowest BCUT2D eigenvalue weighted by Crippen LogP contribution is -2.38. The molecule has 0 fully saturated rings. The molecule has 2 N–H and O–H groups in total. The summed E-state index contributed by atoms with van der Waals surface area (Å²) in [7, 11) is 0. The highest BCUT2D eigenvalue weighted by atomic mass is 32.2. The topological polar surface area (TPSA) is 54.2 Å². The molecule has 0 aliphatic heterocycles. The van der Waals surface area contributed by atoms with Gasteiger partial charge in [0.05, 0.1) is 0 Å². The quantitative estimate of drug-likeness (QED) is 0.415. The Hall–Kier alpha value is -1.17. The lowest BCUT2D eigenvalue weighted by atomic mass is 10.3. The van der Waals surface area contributed by atoms with Crippen molar-refractivity contribution in [2.45, 2.75) is 33.2 Å². The van der Waals surface area contributed by atoms with Gasteiger partial charge in [0.15, 0.2) is 5.96 Å². The highest BCUT2D eigenvalue weighted by molar-refractivity contribution is 7.98. The number of rotatable bonds is 9. The van der Waals surface area contributed by atoms with Crippen molar-refractivity contribution in [1.82, 2.24) is 20.2 Å². The molecular formula is C14H27N5S. The normalized spacial score (nSPS) is 11.7. The number of hydrogen-bond donors (Lipinski definition) is 2. The maximum atomic E-state index is 4.59. The fraction of sp³-hybridized carbons (Fsp3) is 0.714. The number of unbranched alkanes of at least 4 members (excludes halogenated alkanes) is 1. The first-order chi connectivity index (χ1) is 9.77. The Labute approximate surface area is 126 Å². The summed E-state index contributed by atoms with van der Waals surface area (Å²) in [6.45, 7) is 7.88. The van der Waals surface area contributed by atoms with Crippen LogP contribution in [-0.2, 0) is 6.54 Å². The monoisotopic (exact) mass is 297 g/mol. The van der Waals surface area contributed by atoms with Crippen LogP contribution in [-0.4, -0.2) is 47.2 Å². The zero-order valence-corrected chi connectivity index (χ0v) is 13.7. The molecule has 0 aliphatic rings. The average molecular weight is 297 g/mol. The van der Waals surface area contributed by atoms with E-state index in [0.29, 0.717) is 0 Å². The molecule has 6 heteroatoms. The Morgan fingerprint density at radius 1 is 1.40 bits per heavy atom. The summed E-state index contributed by atoms with van der Waals surface area (Å²) in [4.78, 5) is 8.81. The number of nitrogens with one attached hydrogen (secondary N) is 2. The third kappa shape index (κ3) is 6.84. The fourth-order valence-corrected chi connectivity index (χ4v) is 2.14. The van der Waals surface area contributed by atoms with Crippen LogP contribution in [0, 0.1) is 6.92 Å². The summed E-state index contributed by atoms with van der Waals surface area (Å²) in [6.07, 6.45) is 8.23. The third-order valence-electron chi connectivity index (χ3n) is 2.94. The number of hydrogen-bond acceptors (Lipinski definition) is 3. The van der Waals surface area contributed by atoms with Crippen molar-refractivity contribution in [3.8, 4) is 0 Å². The SMILES string of the molecule is CCNC(=NCCCCn1ccnc1C)NCCSC. The minimum Gasteiger partial charge on any atom is -0.357 e. The fourth-order valence-electron chi connectivity index (χ4n) is 1.84. The average Bonchev–Trinajstić information content (AvgIpc) is 2.84. The highest BCUT2D eigenvalue weighted by Crippen LogP contribution is 2.00. The molecule has 20 heavy (non-hydrogen) atoms. The zero-order chi connectivity index (χ0) is 14.6. The van der Waals surface area contributed by atoms with Crippen molar-refractivity contribution in [3.05, 3.63) is 18.2 Å². The second-order valence-electron chi connectivity index (χ2n) is 4.56. The smallest absolute Gasteiger partial charge is 0.191 e. The van der Waals surface area contributed by atoms with E-state index >= 15 is 0 Å². The van der Waals surface area contributed by atoms with Crippen LogP contribution in [0.15, 0.2) is 17.4 Å². The maximum absolute atomic E-state index is 4.59. The molecule has 0 saturated carbocycles. The first kappa shape index (κ1) is 16.9. The Balaban J connectivity index is 2.20. The molecule has 0 aliphatic carbocycles. The summed E-state index contributed by atoms with van der Waals surface area (Å²) in [5.41, 5.74) is 0. The van der Waals surface area contributed by atoms with Crippen molar-refractivity contribution in [2.75, 3.05) is 31.6 Å². The Kier molecular flexibility index (Phi) is 8.95. The summed E-state index contributed by atoms with van der Waals surface area (Å²) in [5, 5.41) is 6.61. The van der Waals surface area contributed by atoms with E-state index in [0.717, 1.165) is 56.6 Å². The molecule has 0 bridgehead atoms. The number of aromatic nitrogens is 2. The summed E-state index contributed by atoms with van der Waals surface area (Å²) >= 11 is 1.84. The van der Waals surface area contributed by atoms with Gasteiger partial charge in [-0.05, 0) is 32.9 Å². The predicted molar refractivity (Wildman–Crippen MR) is 88.6 cm³/mol. The van der Waals surface area contributed by atoms with Gasteiger partial charge in [-0.1, -0.05) is 0 Å². The minimum absolute atomic E-state index is 0.863. The molecule has 0 aromatic carbocycles. The molecule has 5 nitrogen and oxygen atoms in total. The molecular weight excluding hydrogens is 270 g/mol. The molecule has 1 heterocycles. The maximum Gasteiger partial charge on any atom is 0.191 e. The van der Waals surface area contributed by atoms with Crippen LogP contribution in [0.1, 0.15) is 25.6 Å². The van der Waals surface area contributed by atoms with Gasteiger partial charge >= 0.3 is 0 Å². The van der Waals surface area contributed by atoms with Gasteiger partial charge in [0.1, 0.15) is 5.82 Å². The van der Waals surface area contributed by atoms with E-state index in [2.05, 4.69) is 38.4 Å². The van der Waals surface area contributed by atoms with Crippen LogP contribution in [0.5, 0.6) is 0 Å². The number of guanidine groups is 1. The summed E-state index contributed by atoms with van der Waals surface area (Å²) in [6, 6.07) is 0. The first-order valence-corrected chi connectivity index (χ1v) is 8.66. The molecule has 114 valence electrons. The van der Waals surface area contributed by atoms with Gasteiger partial charge in [0, 0.05) is 44.3 Å². The van der Waals surface area contributed by atoms with Gasteiger partial charge in [-0.2, -0.15) is 11.8 Å². The highest BCUT2D eigenvalue weighted by Gasteiger charge is 1.97. The van der Waals surface area contributed by atoms with E-state index in [-0.39, 0.29) is 0 Å². The van der Waals surface area contributed by atoms with Crippen LogP contribution in [0.4, 0.5) is 0 Å². The van der Waals surface area contributed by atoms with E-state index in [1.807, 2.05) is 31.1 Å². The summed E-state index contributed by atoms with van der Waals surface area (Å²) < 4.78 is 2.19. The molecule has 1 aromatic heterocycles. The van der Waals surface area contributed by atoms with Gasteiger partial charge in [-0.15, -0.1) is 0 Å². The first-order valence-electron chi connectivity index (χ1n) is 7.26. The van der Waals surface area contributed by atoms with Crippen LogP contribution in [0.25, 0.3) is 0 Å². The minimum atomic E-state index is 0.863. The van der Waals surface area contributed by atoms with Crippen molar-refractivity contribution in [1.29, 1.82) is 0 Å². The molecule has 0 spiro atoms. The molecule has 1 rings (SSSR count). The molecule has 0 unspecified atom stereocenters. The zero-order valence-electron chi connectivity index (χ0n) is 12.9. The van der Waals surface area contributed by atoms with Gasteiger partial charge in [-0.3, -0.25) is 4.99 Å². The lowest BCUT2D eigenvalue weighted by Gasteiger charge is -2.10. The van der Waals surface area contributed by atoms with E-state index in [4.69, 9.17) is 0 Å². The van der Waals surface area contributed by atoms with E-state index in [9.17, 15) is 0 Å². The second kappa shape index (κ2) is 10.6. The van der Waals surface area contributed by atoms with Crippen LogP contribution >= 0.6 is 11.8 Å². The van der Waals surface area contributed by atoms with Gasteiger partial charge < -0.3 is 15.2 Å². The largest absolute Gasteiger partial charge is 0.357 e. The third-order valence-corrected chi connectivity index (χ3v) is 3.56. The standard InChI is InChI=1S/C14H27N5S/c1-4-15-14(18-9-12-20-3)17-7-5-6-10-19-11-8-16-13(19)2/h8,11H,4-7,9-10,12H2,1-3H3,(H2,15,17,18). The van der Waals surface area contributed by atoms with E-state index < -0.39 is 0 Å². The lowest BCUT2D eigenvalue weighted by molar-refractivity contribution is 0.600.